The molecule has 16 heavy (non-hydrogen) atoms. The summed E-state index contributed by atoms with van der Waals surface area (Å²) < 4.78 is 27.1. The van der Waals surface area contributed by atoms with Crippen molar-refractivity contribution >= 4 is 12.4 Å². The summed E-state index contributed by atoms with van der Waals surface area (Å²) in [4.78, 5) is 0. The summed E-state index contributed by atoms with van der Waals surface area (Å²) in [7, 11) is 0. The number of benzene rings is 1. The number of hydrogen-bond acceptors (Lipinski definition) is 1. The maximum atomic E-state index is 14.0. The molecule has 88 valence electrons. The van der Waals surface area contributed by atoms with Gasteiger partial charge in [0.25, 0.3) is 0 Å². The predicted octanol–water partition coefficient (Wildman–Crippen LogP) is 2.96. The number of rotatable bonds is 0. The molecule has 2 aliphatic rings. The fraction of sp³-hybridized carbons (Fsp3) is 0.500. The molecule has 3 unspecified atom stereocenters. The topological polar surface area (TPSA) is 12.0 Å². The van der Waals surface area contributed by atoms with E-state index >= 15 is 0 Å². The molecule has 1 fully saturated rings. The third-order valence-electron chi connectivity index (χ3n) is 3.58. The van der Waals surface area contributed by atoms with E-state index in [1.165, 1.54) is 12.1 Å². The number of fused-ring (bicyclic) bond motifs is 4. The van der Waals surface area contributed by atoms with Gasteiger partial charge in [0, 0.05) is 19.0 Å². The lowest BCUT2D eigenvalue weighted by Gasteiger charge is -2.38. The van der Waals surface area contributed by atoms with Gasteiger partial charge in [0.1, 0.15) is 12.0 Å². The van der Waals surface area contributed by atoms with Crippen molar-refractivity contribution in [3.05, 3.63) is 35.1 Å². The number of halogens is 3. The number of nitrogens with one attached hydrogen (secondary N) is 1. The molecule has 1 aliphatic carbocycles. The third kappa shape index (κ3) is 1.72. The van der Waals surface area contributed by atoms with Gasteiger partial charge in [0.15, 0.2) is 0 Å². The van der Waals surface area contributed by atoms with Crippen LogP contribution in [-0.2, 0) is 0 Å². The van der Waals surface area contributed by atoms with Crippen LogP contribution in [0.5, 0.6) is 0 Å². The molecule has 0 radical (unpaired) electrons. The van der Waals surface area contributed by atoms with E-state index in [1.807, 2.05) is 0 Å². The van der Waals surface area contributed by atoms with Gasteiger partial charge < -0.3 is 5.32 Å². The van der Waals surface area contributed by atoms with Crippen LogP contribution in [0, 0.1) is 11.7 Å². The van der Waals surface area contributed by atoms with E-state index in [0.717, 1.165) is 18.5 Å². The molecule has 1 N–H and O–H groups in total. The van der Waals surface area contributed by atoms with E-state index in [9.17, 15) is 8.78 Å². The molecule has 1 aromatic carbocycles. The second-order valence-electron chi connectivity index (χ2n) is 4.53. The van der Waals surface area contributed by atoms with Gasteiger partial charge >= 0.3 is 0 Å². The molecule has 1 aromatic rings. The lowest BCUT2D eigenvalue weighted by atomic mass is 9.73. The van der Waals surface area contributed by atoms with Gasteiger partial charge in [0.05, 0.1) is 0 Å². The molecule has 1 nitrogen and oxygen atoms in total. The van der Waals surface area contributed by atoms with Crippen LogP contribution >= 0.6 is 12.4 Å². The van der Waals surface area contributed by atoms with Crippen LogP contribution < -0.4 is 5.32 Å². The highest BCUT2D eigenvalue weighted by Crippen LogP contribution is 2.44. The zero-order chi connectivity index (χ0) is 10.4. The largest absolute Gasteiger partial charge is 0.316 e. The summed E-state index contributed by atoms with van der Waals surface area (Å²) in [5, 5.41) is 3.24. The molecule has 3 rings (SSSR count). The first kappa shape index (κ1) is 11.8. The van der Waals surface area contributed by atoms with E-state index < -0.39 is 6.17 Å². The standard InChI is InChI=1S/C12H13F2N.ClH/c13-9-1-2-10-7-3-8(6-15-5-7)12(14)11(10)4-9;/h1-2,4,7-8,12,15H,3,5-6H2;1H. The van der Waals surface area contributed by atoms with E-state index in [0.29, 0.717) is 18.0 Å². The van der Waals surface area contributed by atoms with Crippen LogP contribution in [0.15, 0.2) is 18.2 Å². The van der Waals surface area contributed by atoms with Gasteiger partial charge in [-0.2, -0.15) is 0 Å². The van der Waals surface area contributed by atoms with Crippen molar-refractivity contribution in [2.45, 2.75) is 18.5 Å². The molecular weight excluding hydrogens is 232 g/mol. The van der Waals surface area contributed by atoms with Crippen LogP contribution in [0.4, 0.5) is 8.78 Å². The van der Waals surface area contributed by atoms with Crippen molar-refractivity contribution in [3.8, 4) is 0 Å². The summed E-state index contributed by atoms with van der Waals surface area (Å²) in [5.74, 6) is 0.0636. The number of hydrogen-bond donors (Lipinski definition) is 1. The summed E-state index contributed by atoms with van der Waals surface area (Å²) in [5.41, 5.74) is 1.57. The summed E-state index contributed by atoms with van der Waals surface area (Å²) in [6.07, 6.45) is -0.105. The predicted molar refractivity (Wildman–Crippen MR) is 61.2 cm³/mol. The Hall–Kier alpha value is -0.670. The van der Waals surface area contributed by atoms with E-state index in [4.69, 9.17) is 0 Å². The second kappa shape index (κ2) is 4.30. The first-order valence-corrected chi connectivity index (χ1v) is 5.40. The summed E-state index contributed by atoms with van der Waals surface area (Å²) in [6, 6.07) is 4.54. The van der Waals surface area contributed by atoms with Gasteiger partial charge in [-0.05, 0) is 35.6 Å². The second-order valence-corrected chi connectivity index (χ2v) is 4.53. The minimum Gasteiger partial charge on any atom is -0.316 e. The van der Waals surface area contributed by atoms with Crippen molar-refractivity contribution in [2.75, 3.05) is 13.1 Å². The summed E-state index contributed by atoms with van der Waals surface area (Å²) in [6.45, 7) is 1.61. The van der Waals surface area contributed by atoms with Crippen molar-refractivity contribution in [1.82, 2.24) is 5.32 Å². The fourth-order valence-corrected chi connectivity index (χ4v) is 2.85. The minimum atomic E-state index is -1.00. The Morgan fingerprint density at radius 1 is 1.19 bits per heavy atom. The van der Waals surface area contributed by atoms with E-state index in [2.05, 4.69) is 5.32 Å². The Morgan fingerprint density at radius 3 is 2.81 bits per heavy atom. The Bertz CT molecular complexity index is 397. The molecule has 0 amide bonds. The summed E-state index contributed by atoms with van der Waals surface area (Å²) >= 11 is 0. The van der Waals surface area contributed by atoms with Crippen molar-refractivity contribution in [3.63, 3.8) is 0 Å². The van der Waals surface area contributed by atoms with Gasteiger partial charge in [-0.1, -0.05) is 6.07 Å². The van der Waals surface area contributed by atoms with Crippen LogP contribution in [0.2, 0.25) is 0 Å². The van der Waals surface area contributed by atoms with Crippen molar-refractivity contribution in [1.29, 1.82) is 0 Å². The normalized spacial score (nSPS) is 31.5. The zero-order valence-electron chi connectivity index (χ0n) is 8.75. The number of alkyl halides is 1. The van der Waals surface area contributed by atoms with Crippen LogP contribution in [-0.4, -0.2) is 13.1 Å². The SMILES string of the molecule is Cl.Fc1ccc2c(c1)C(F)C1CNCC2C1. The highest BCUT2D eigenvalue weighted by atomic mass is 35.5. The third-order valence-corrected chi connectivity index (χ3v) is 3.58. The fourth-order valence-electron chi connectivity index (χ4n) is 2.85. The van der Waals surface area contributed by atoms with Gasteiger partial charge in [-0.3, -0.25) is 0 Å². The molecular formula is C12H14ClF2N. The number of piperidine rings is 1. The van der Waals surface area contributed by atoms with Crippen molar-refractivity contribution < 1.29 is 8.78 Å². The molecule has 1 heterocycles. The Morgan fingerprint density at radius 2 is 2.00 bits per heavy atom. The molecule has 0 spiro atoms. The zero-order valence-corrected chi connectivity index (χ0v) is 9.57. The van der Waals surface area contributed by atoms with Gasteiger partial charge in [-0.25, -0.2) is 8.78 Å². The van der Waals surface area contributed by atoms with Gasteiger partial charge in [-0.15, -0.1) is 12.4 Å². The lowest BCUT2D eigenvalue weighted by molar-refractivity contribution is 0.162. The average molecular weight is 246 g/mol. The molecule has 1 aliphatic heterocycles. The molecule has 3 atom stereocenters. The average Bonchev–Trinajstić information content (AvgIpc) is 2.27. The first-order chi connectivity index (χ1) is 7.25. The van der Waals surface area contributed by atoms with Crippen LogP contribution in [0.3, 0.4) is 0 Å². The van der Waals surface area contributed by atoms with Gasteiger partial charge in [0.2, 0.25) is 0 Å². The Kier molecular flexibility index (Phi) is 3.17. The molecule has 0 aromatic heterocycles. The molecule has 2 bridgehead atoms. The smallest absolute Gasteiger partial charge is 0.130 e. The lowest BCUT2D eigenvalue weighted by Crippen LogP contribution is -2.40. The molecule has 1 saturated heterocycles. The highest BCUT2D eigenvalue weighted by molar-refractivity contribution is 5.85. The monoisotopic (exact) mass is 245 g/mol. The molecule has 0 saturated carbocycles. The molecule has 4 heteroatoms. The van der Waals surface area contributed by atoms with Crippen LogP contribution in [0.25, 0.3) is 0 Å². The van der Waals surface area contributed by atoms with Crippen molar-refractivity contribution in [2.24, 2.45) is 5.92 Å². The van der Waals surface area contributed by atoms with Crippen LogP contribution in [0.1, 0.15) is 29.6 Å². The minimum absolute atomic E-state index is 0. The quantitative estimate of drug-likeness (QED) is 0.741. The maximum absolute atomic E-state index is 14.0. The van der Waals surface area contributed by atoms with E-state index in [1.54, 1.807) is 6.07 Å². The Labute approximate surface area is 99.6 Å². The highest BCUT2D eigenvalue weighted by Gasteiger charge is 2.37. The Balaban J connectivity index is 0.000000963. The van der Waals surface area contributed by atoms with E-state index in [-0.39, 0.29) is 24.1 Å². The maximum Gasteiger partial charge on any atom is 0.130 e. The first-order valence-electron chi connectivity index (χ1n) is 5.40.